The highest BCUT2D eigenvalue weighted by Crippen LogP contribution is 2.29. The second-order valence-electron chi connectivity index (χ2n) is 4.79. The third-order valence-corrected chi connectivity index (χ3v) is 3.44. The maximum atomic E-state index is 9.69. The Morgan fingerprint density at radius 2 is 1.95 bits per heavy atom. The number of hydrogen-bond donors (Lipinski definition) is 1. The SMILES string of the molecule is CCc1ccc(OC2CC(O)C2OCCOC)cc1. The Kier molecular flexibility index (Phi) is 5.19. The smallest absolute Gasteiger partial charge is 0.130 e. The summed E-state index contributed by atoms with van der Waals surface area (Å²) in [5, 5.41) is 9.69. The quantitative estimate of drug-likeness (QED) is 0.764. The first-order valence-corrected chi connectivity index (χ1v) is 6.78. The Hall–Kier alpha value is -1.10. The molecule has 0 spiro atoms. The molecule has 1 aromatic rings. The molecule has 3 atom stereocenters. The molecule has 4 heteroatoms. The van der Waals surface area contributed by atoms with Crippen LogP contribution in [-0.2, 0) is 15.9 Å². The molecule has 106 valence electrons. The second-order valence-corrected chi connectivity index (χ2v) is 4.79. The van der Waals surface area contributed by atoms with E-state index < -0.39 is 6.10 Å². The summed E-state index contributed by atoms with van der Waals surface area (Å²) in [5.41, 5.74) is 1.29. The normalized spacial score (nSPS) is 25.9. The summed E-state index contributed by atoms with van der Waals surface area (Å²) in [6, 6.07) is 8.06. The van der Waals surface area contributed by atoms with Gasteiger partial charge in [-0.2, -0.15) is 0 Å². The van der Waals surface area contributed by atoms with Crippen LogP contribution in [0.5, 0.6) is 5.75 Å². The zero-order chi connectivity index (χ0) is 13.7. The van der Waals surface area contributed by atoms with E-state index in [2.05, 4.69) is 19.1 Å². The minimum Gasteiger partial charge on any atom is -0.488 e. The van der Waals surface area contributed by atoms with E-state index in [0.717, 1.165) is 12.2 Å². The first kappa shape index (κ1) is 14.3. The van der Waals surface area contributed by atoms with Crippen LogP contribution in [0, 0.1) is 0 Å². The van der Waals surface area contributed by atoms with Crippen LogP contribution in [0.25, 0.3) is 0 Å². The van der Waals surface area contributed by atoms with Crippen molar-refractivity contribution >= 4 is 0 Å². The summed E-state index contributed by atoms with van der Waals surface area (Å²) in [6.07, 6.45) is 0.885. The summed E-state index contributed by atoms with van der Waals surface area (Å²) < 4.78 is 16.3. The lowest BCUT2D eigenvalue weighted by Gasteiger charge is -2.40. The van der Waals surface area contributed by atoms with E-state index in [4.69, 9.17) is 14.2 Å². The zero-order valence-corrected chi connectivity index (χ0v) is 11.5. The van der Waals surface area contributed by atoms with Crippen molar-refractivity contribution in [3.8, 4) is 5.75 Å². The van der Waals surface area contributed by atoms with Crippen LogP contribution < -0.4 is 4.74 Å². The van der Waals surface area contributed by atoms with Crippen molar-refractivity contribution in [3.05, 3.63) is 29.8 Å². The maximum absolute atomic E-state index is 9.69. The fourth-order valence-electron chi connectivity index (χ4n) is 2.14. The summed E-state index contributed by atoms with van der Waals surface area (Å²) in [4.78, 5) is 0. The standard InChI is InChI=1S/C15H22O4/c1-3-11-4-6-12(7-5-11)19-14-10-13(16)15(14)18-9-8-17-2/h4-7,13-16H,3,8-10H2,1-2H3. The zero-order valence-electron chi connectivity index (χ0n) is 11.5. The number of rotatable bonds is 7. The predicted octanol–water partition coefficient (Wildman–Crippen LogP) is 1.79. The van der Waals surface area contributed by atoms with Crippen LogP contribution in [0.1, 0.15) is 18.9 Å². The third kappa shape index (κ3) is 3.69. The number of ether oxygens (including phenoxy) is 3. The molecule has 1 saturated carbocycles. The van der Waals surface area contributed by atoms with Gasteiger partial charge in [-0.05, 0) is 24.1 Å². The van der Waals surface area contributed by atoms with Gasteiger partial charge in [0.15, 0.2) is 0 Å². The Bertz CT molecular complexity index is 376. The Balaban J connectivity index is 1.84. The van der Waals surface area contributed by atoms with Crippen LogP contribution in [-0.4, -0.2) is 43.7 Å². The molecule has 0 aliphatic heterocycles. The number of aryl methyl sites for hydroxylation is 1. The van der Waals surface area contributed by atoms with Crippen LogP contribution in [0.2, 0.25) is 0 Å². The van der Waals surface area contributed by atoms with Gasteiger partial charge in [-0.3, -0.25) is 0 Å². The largest absolute Gasteiger partial charge is 0.488 e. The molecule has 1 aromatic carbocycles. The van der Waals surface area contributed by atoms with E-state index in [0.29, 0.717) is 19.6 Å². The van der Waals surface area contributed by atoms with Gasteiger partial charge in [0.25, 0.3) is 0 Å². The number of aliphatic hydroxyl groups excluding tert-OH is 1. The van der Waals surface area contributed by atoms with E-state index in [-0.39, 0.29) is 12.2 Å². The van der Waals surface area contributed by atoms with Gasteiger partial charge in [-0.1, -0.05) is 19.1 Å². The van der Waals surface area contributed by atoms with Crippen LogP contribution in [0.4, 0.5) is 0 Å². The van der Waals surface area contributed by atoms with E-state index >= 15 is 0 Å². The lowest BCUT2D eigenvalue weighted by Crippen LogP contribution is -2.55. The van der Waals surface area contributed by atoms with Gasteiger partial charge in [-0.25, -0.2) is 0 Å². The molecule has 19 heavy (non-hydrogen) atoms. The second kappa shape index (κ2) is 6.89. The molecule has 1 aliphatic rings. The third-order valence-electron chi connectivity index (χ3n) is 3.44. The fraction of sp³-hybridized carbons (Fsp3) is 0.600. The monoisotopic (exact) mass is 266 g/mol. The van der Waals surface area contributed by atoms with Crippen molar-refractivity contribution < 1.29 is 19.3 Å². The lowest BCUT2D eigenvalue weighted by atomic mass is 9.88. The Morgan fingerprint density at radius 3 is 2.53 bits per heavy atom. The molecule has 3 unspecified atom stereocenters. The summed E-state index contributed by atoms with van der Waals surface area (Å²) in [5.74, 6) is 0.828. The van der Waals surface area contributed by atoms with Gasteiger partial charge < -0.3 is 19.3 Å². The summed E-state index contributed by atoms with van der Waals surface area (Å²) in [6.45, 7) is 3.13. The van der Waals surface area contributed by atoms with Crippen molar-refractivity contribution in [3.63, 3.8) is 0 Å². The van der Waals surface area contributed by atoms with Gasteiger partial charge in [0.05, 0.1) is 19.3 Å². The highest BCUT2D eigenvalue weighted by molar-refractivity contribution is 5.27. The molecule has 0 radical (unpaired) electrons. The molecule has 0 saturated heterocycles. The number of benzene rings is 1. The number of hydrogen-bond acceptors (Lipinski definition) is 4. The van der Waals surface area contributed by atoms with E-state index in [1.54, 1.807) is 7.11 Å². The first-order valence-electron chi connectivity index (χ1n) is 6.78. The van der Waals surface area contributed by atoms with Crippen molar-refractivity contribution in [1.82, 2.24) is 0 Å². The van der Waals surface area contributed by atoms with Crippen LogP contribution in [0.15, 0.2) is 24.3 Å². The fourth-order valence-corrected chi connectivity index (χ4v) is 2.14. The van der Waals surface area contributed by atoms with Crippen molar-refractivity contribution in [2.24, 2.45) is 0 Å². The average Bonchev–Trinajstić information content (AvgIpc) is 2.44. The Morgan fingerprint density at radius 1 is 1.21 bits per heavy atom. The highest BCUT2D eigenvalue weighted by Gasteiger charge is 2.42. The summed E-state index contributed by atoms with van der Waals surface area (Å²) in [7, 11) is 1.63. The van der Waals surface area contributed by atoms with Gasteiger partial charge in [0.1, 0.15) is 18.0 Å². The molecule has 1 aliphatic carbocycles. The highest BCUT2D eigenvalue weighted by atomic mass is 16.6. The molecule has 0 aromatic heterocycles. The molecular weight excluding hydrogens is 244 g/mol. The number of methoxy groups -OCH3 is 1. The molecular formula is C15H22O4. The molecule has 1 N–H and O–H groups in total. The van der Waals surface area contributed by atoms with Gasteiger partial charge >= 0.3 is 0 Å². The van der Waals surface area contributed by atoms with Gasteiger partial charge in [0, 0.05) is 13.5 Å². The van der Waals surface area contributed by atoms with Gasteiger partial charge in [0.2, 0.25) is 0 Å². The molecule has 1 fully saturated rings. The maximum Gasteiger partial charge on any atom is 0.130 e. The van der Waals surface area contributed by atoms with Crippen molar-refractivity contribution in [2.45, 2.75) is 38.1 Å². The predicted molar refractivity (Wildman–Crippen MR) is 72.5 cm³/mol. The van der Waals surface area contributed by atoms with E-state index in [1.807, 2.05) is 12.1 Å². The van der Waals surface area contributed by atoms with E-state index in [1.165, 1.54) is 5.56 Å². The summed E-state index contributed by atoms with van der Waals surface area (Å²) >= 11 is 0. The number of aliphatic hydroxyl groups is 1. The molecule has 0 amide bonds. The molecule has 2 rings (SSSR count). The van der Waals surface area contributed by atoms with Gasteiger partial charge in [-0.15, -0.1) is 0 Å². The average molecular weight is 266 g/mol. The van der Waals surface area contributed by atoms with E-state index in [9.17, 15) is 5.11 Å². The molecule has 0 bridgehead atoms. The Labute approximate surface area is 114 Å². The molecule has 4 nitrogen and oxygen atoms in total. The van der Waals surface area contributed by atoms with Crippen LogP contribution >= 0.6 is 0 Å². The molecule has 0 heterocycles. The minimum absolute atomic E-state index is 0.0701. The minimum atomic E-state index is -0.434. The van der Waals surface area contributed by atoms with Crippen molar-refractivity contribution in [2.75, 3.05) is 20.3 Å². The van der Waals surface area contributed by atoms with Crippen LogP contribution in [0.3, 0.4) is 0 Å². The van der Waals surface area contributed by atoms with Crippen molar-refractivity contribution in [1.29, 1.82) is 0 Å². The topological polar surface area (TPSA) is 47.9 Å². The lowest BCUT2D eigenvalue weighted by molar-refractivity contribution is -0.167. The first-order chi connectivity index (χ1) is 9.24.